The average Bonchev–Trinajstić information content (AvgIpc) is 2.93. The number of hydrogen-bond acceptors (Lipinski definition) is 2. The Morgan fingerprint density at radius 3 is 2.74 bits per heavy atom. The number of carbonyl (C=O) groups is 1. The second-order valence-electron chi connectivity index (χ2n) is 5.83. The van der Waals surface area contributed by atoms with Gasteiger partial charge in [-0.25, -0.2) is 0 Å². The van der Waals surface area contributed by atoms with Crippen molar-refractivity contribution in [3.8, 4) is 0 Å². The van der Waals surface area contributed by atoms with Gasteiger partial charge in [0.15, 0.2) is 0 Å². The third-order valence-corrected chi connectivity index (χ3v) is 4.00. The van der Waals surface area contributed by atoms with Gasteiger partial charge >= 0.3 is 0 Å². The molecule has 0 radical (unpaired) electrons. The van der Waals surface area contributed by atoms with Crippen LogP contribution in [-0.4, -0.2) is 25.0 Å². The fraction of sp³-hybridized carbons (Fsp3) is 0.562. The van der Waals surface area contributed by atoms with Crippen LogP contribution in [0.4, 0.5) is 0 Å². The molecule has 3 heteroatoms. The molecule has 1 atom stereocenters. The smallest absolute Gasteiger partial charge is 0.230 e. The summed E-state index contributed by atoms with van der Waals surface area (Å²) < 4.78 is 0. The maximum absolute atomic E-state index is 12.3. The maximum Gasteiger partial charge on any atom is 0.230 e. The zero-order valence-electron chi connectivity index (χ0n) is 11.9. The molecule has 1 aromatic rings. The molecule has 1 aromatic carbocycles. The van der Waals surface area contributed by atoms with Crippen molar-refractivity contribution in [3.05, 3.63) is 35.9 Å². The minimum Gasteiger partial charge on any atom is -0.355 e. The first-order valence-corrected chi connectivity index (χ1v) is 7.18. The molecule has 19 heavy (non-hydrogen) atoms. The zero-order chi connectivity index (χ0) is 13.7. The number of amides is 1. The van der Waals surface area contributed by atoms with Crippen molar-refractivity contribution < 1.29 is 4.79 Å². The molecule has 1 saturated heterocycles. The normalized spacial score (nSPS) is 19.4. The number of hydrogen-bond donors (Lipinski definition) is 2. The number of carbonyl (C=O) groups excluding carboxylic acids is 1. The van der Waals surface area contributed by atoms with E-state index in [0.29, 0.717) is 6.04 Å². The Bertz CT molecular complexity index is 408. The molecule has 2 rings (SSSR count). The average molecular weight is 260 g/mol. The van der Waals surface area contributed by atoms with Gasteiger partial charge in [0.1, 0.15) is 0 Å². The van der Waals surface area contributed by atoms with Crippen LogP contribution in [0.15, 0.2) is 30.3 Å². The van der Waals surface area contributed by atoms with Crippen LogP contribution < -0.4 is 10.6 Å². The van der Waals surface area contributed by atoms with E-state index in [0.717, 1.165) is 25.1 Å². The van der Waals surface area contributed by atoms with Crippen molar-refractivity contribution >= 4 is 5.91 Å². The predicted molar refractivity (Wildman–Crippen MR) is 78.1 cm³/mol. The van der Waals surface area contributed by atoms with Crippen LogP contribution in [0.1, 0.15) is 38.7 Å². The summed E-state index contributed by atoms with van der Waals surface area (Å²) in [5.41, 5.74) is 0.594. The summed E-state index contributed by atoms with van der Waals surface area (Å²) >= 11 is 0. The molecular weight excluding hydrogens is 236 g/mol. The van der Waals surface area contributed by atoms with Crippen molar-refractivity contribution in [2.24, 2.45) is 0 Å². The predicted octanol–water partition coefficient (Wildman–Crippen LogP) is 2.22. The van der Waals surface area contributed by atoms with Crippen LogP contribution in [0, 0.1) is 0 Å². The topological polar surface area (TPSA) is 41.1 Å². The molecule has 0 saturated carbocycles. The lowest BCUT2D eigenvalue weighted by Gasteiger charge is -2.24. The highest BCUT2D eigenvalue weighted by atomic mass is 16.2. The monoisotopic (exact) mass is 260 g/mol. The number of benzene rings is 1. The quantitative estimate of drug-likeness (QED) is 0.852. The first-order valence-electron chi connectivity index (χ1n) is 7.18. The van der Waals surface area contributed by atoms with Crippen LogP contribution in [0.2, 0.25) is 0 Å². The van der Waals surface area contributed by atoms with Gasteiger partial charge in [0.25, 0.3) is 0 Å². The lowest BCUT2D eigenvalue weighted by molar-refractivity contribution is -0.125. The summed E-state index contributed by atoms with van der Waals surface area (Å²) in [5, 5.41) is 6.52. The van der Waals surface area contributed by atoms with E-state index in [4.69, 9.17) is 0 Å². The lowest BCUT2D eigenvalue weighted by atomic mass is 9.84. The highest BCUT2D eigenvalue weighted by Crippen LogP contribution is 2.22. The molecule has 104 valence electrons. The molecule has 0 aromatic heterocycles. The lowest BCUT2D eigenvalue weighted by Crippen LogP contribution is -2.41. The summed E-state index contributed by atoms with van der Waals surface area (Å²) in [7, 11) is 0. The van der Waals surface area contributed by atoms with Gasteiger partial charge < -0.3 is 10.6 Å². The third-order valence-electron chi connectivity index (χ3n) is 4.00. The second-order valence-corrected chi connectivity index (χ2v) is 5.83. The Labute approximate surface area is 115 Å². The highest BCUT2D eigenvalue weighted by Gasteiger charge is 2.29. The van der Waals surface area contributed by atoms with E-state index in [1.54, 1.807) is 0 Å². The maximum atomic E-state index is 12.3. The second kappa shape index (κ2) is 6.20. The van der Waals surface area contributed by atoms with Crippen LogP contribution >= 0.6 is 0 Å². The fourth-order valence-electron chi connectivity index (χ4n) is 2.57. The van der Waals surface area contributed by atoms with Gasteiger partial charge in [-0.3, -0.25) is 4.79 Å². The van der Waals surface area contributed by atoms with E-state index in [-0.39, 0.29) is 5.91 Å². The van der Waals surface area contributed by atoms with Gasteiger partial charge in [0.05, 0.1) is 5.41 Å². The standard InChI is InChI=1S/C16H24N2O/c1-16(2,13-7-4-3-5-8-13)15(19)18-12-10-14-9-6-11-17-14/h3-5,7-8,14,17H,6,9-12H2,1-2H3,(H,18,19)/t14-/m0/s1. The van der Waals surface area contributed by atoms with E-state index in [2.05, 4.69) is 10.6 Å². The molecule has 1 amide bonds. The van der Waals surface area contributed by atoms with Crippen molar-refractivity contribution in [2.75, 3.05) is 13.1 Å². The molecule has 1 fully saturated rings. The van der Waals surface area contributed by atoms with Crippen molar-refractivity contribution in [1.29, 1.82) is 0 Å². The van der Waals surface area contributed by atoms with E-state index in [1.807, 2.05) is 44.2 Å². The summed E-state index contributed by atoms with van der Waals surface area (Å²) in [6.45, 7) is 5.83. The molecule has 2 N–H and O–H groups in total. The minimum atomic E-state index is -0.468. The molecule has 3 nitrogen and oxygen atoms in total. The SMILES string of the molecule is CC(C)(C(=O)NCC[C@@H]1CCCN1)c1ccccc1. The van der Waals surface area contributed by atoms with Gasteiger partial charge in [0.2, 0.25) is 5.91 Å². The molecule has 0 aliphatic carbocycles. The molecule has 1 aliphatic rings. The summed E-state index contributed by atoms with van der Waals surface area (Å²) in [6.07, 6.45) is 3.52. The van der Waals surface area contributed by atoms with E-state index in [1.165, 1.54) is 12.8 Å². The van der Waals surface area contributed by atoms with E-state index in [9.17, 15) is 4.79 Å². The van der Waals surface area contributed by atoms with Gasteiger partial charge in [-0.1, -0.05) is 30.3 Å². The van der Waals surface area contributed by atoms with E-state index >= 15 is 0 Å². The van der Waals surface area contributed by atoms with Crippen molar-refractivity contribution in [1.82, 2.24) is 10.6 Å². The molecule has 0 spiro atoms. The Balaban J connectivity index is 1.84. The first-order chi connectivity index (χ1) is 9.10. The van der Waals surface area contributed by atoms with Crippen LogP contribution in [0.25, 0.3) is 0 Å². The van der Waals surface area contributed by atoms with Crippen LogP contribution in [-0.2, 0) is 10.2 Å². The molecule has 0 unspecified atom stereocenters. The molecular formula is C16H24N2O. The Morgan fingerprint density at radius 1 is 1.37 bits per heavy atom. The van der Waals surface area contributed by atoms with Gasteiger partial charge in [-0.2, -0.15) is 0 Å². The zero-order valence-corrected chi connectivity index (χ0v) is 11.9. The Hall–Kier alpha value is -1.35. The number of rotatable bonds is 5. The Morgan fingerprint density at radius 2 is 2.11 bits per heavy atom. The van der Waals surface area contributed by atoms with Crippen molar-refractivity contribution in [2.45, 2.75) is 44.6 Å². The molecule has 0 bridgehead atoms. The van der Waals surface area contributed by atoms with Gasteiger partial charge in [0, 0.05) is 12.6 Å². The molecule has 1 heterocycles. The van der Waals surface area contributed by atoms with E-state index < -0.39 is 5.41 Å². The largest absolute Gasteiger partial charge is 0.355 e. The molecule has 1 aliphatic heterocycles. The summed E-state index contributed by atoms with van der Waals surface area (Å²) in [6, 6.07) is 10.5. The van der Waals surface area contributed by atoms with Crippen LogP contribution in [0.5, 0.6) is 0 Å². The first kappa shape index (κ1) is 14.1. The summed E-state index contributed by atoms with van der Waals surface area (Å²) in [5.74, 6) is 0.108. The van der Waals surface area contributed by atoms with Gasteiger partial charge in [-0.05, 0) is 45.2 Å². The summed E-state index contributed by atoms with van der Waals surface area (Å²) in [4.78, 5) is 12.3. The Kier molecular flexibility index (Phi) is 4.59. The van der Waals surface area contributed by atoms with Gasteiger partial charge in [-0.15, -0.1) is 0 Å². The minimum absolute atomic E-state index is 0.108. The highest BCUT2D eigenvalue weighted by molar-refractivity contribution is 5.87. The number of nitrogens with one attached hydrogen (secondary N) is 2. The van der Waals surface area contributed by atoms with Crippen LogP contribution in [0.3, 0.4) is 0 Å². The third kappa shape index (κ3) is 3.57. The fourth-order valence-corrected chi connectivity index (χ4v) is 2.57. The van der Waals surface area contributed by atoms with Crippen molar-refractivity contribution in [3.63, 3.8) is 0 Å².